The first-order chi connectivity index (χ1) is 12.1. The highest BCUT2D eigenvalue weighted by molar-refractivity contribution is 9.10. The number of para-hydroxylation sites is 1. The van der Waals surface area contributed by atoms with Gasteiger partial charge < -0.3 is 9.47 Å². The predicted octanol–water partition coefficient (Wildman–Crippen LogP) is 3.94. The average molecular weight is 405 g/mol. The minimum atomic E-state index is -0.324. The van der Waals surface area contributed by atoms with Crippen LogP contribution in [0.1, 0.15) is 25.0 Å². The topological polar surface area (TPSA) is 59.9 Å². The number of halogens is 1. The molecule has 0 heterocycles. The number of carbonyl (C=O) groups excluding carboxylic acids is 1. The van der Waals surface area contributed by atoms with Gasteiger partial charge in [-0.1, -0.05) is 41.1 Å². The first-order valence-electron chi connectivity index (χ1n) is 8.09. The summed E-state index contributed by atoms with van der Waals surface area (Å²) in [6.45, 7) is 4.42. The highest BCUT2D eigenvalue weighted by atomic mass is 79.9. The third-order valence-electron chi connectivity index (χ3n) is 3.38. The average Bonchev–Trinajstić information content (AvgIpc) is 2.62. The molecule has 0 saturated heterocycles. The van der Waals surface area contributed by atoms with Gasteiger partial charge in [0.2, 0.25) is 0 Å². The SMILES string of the molecule is CCOc1ccc(Br)cc1/C=N/NC(=O)COc1ccccc1CC. The lowest BCUT2D eigenvalue weighted by Crippen LogP contribution is -2.24. The maximum absolute atomic E-state index is 11.9. The molecule has 0 fully saturated rings. The van der Waals surface area contributed by atoms with Crippen molar-refractivity contribution in [1.82, 2.24) is 5.43 Å². The molecule has 0 radical (unpaired) electrons. The second-order valence-electron chi connectivity index (χ2n) is 5.16. The number of carbonyl (C=O) groups is 1. The summed E-state index contributed by atoms with van der Waals surface area (Å²) in [5, 5.41) is 3.98. The zero-order valence-corrected chi connectivity index (χ0v) is 15.9. The van der Waals surface area contributed by atoms with Gasteiger partial charge in [-0.05, 0) is 43.2 Å². The lowest BCUT2D eigenvalue weighted by atomic mass is 10.1. The summed E-state index contributed by atoms with van der Waals surface area (Å²) in [6, 6.07) is 13.3. The van der Waals surface area contributed by atoms with Crippen LogP contribution in [-0.4, -0.2) is 25.3 Å². The Morgan fingerprint density at radius 1 is 1.16 bits per heavy atom. The number of aryl methyl sites for hydroxylation is 1. The van der Waals surface area contributed by atoms with E-state index in [9.17, 15) is 4.79 Å². The van der Waals surface area contributed by atoms with E-state index in [1.807, 2.05) is 56.3 Å². The summed E-state index contributed by atoms with van der Waals surface area (Å²) in [5.41, 5.74) is 4.30. The molecule has 0 aliphatic heterocycles. The van der Waals surface area contributed by atoms with E-state index < -0.39 is 0 Å². The number of benzene rings is 2. The van der Waals surface area contributed by atoms with Crippen LogP contribution in [0.5, 0.6) is 11.5 Å². The van der Waals surface area contributed by atoms with Crippen molar-refractivity contribution in [3.05, 3.63) is 58.1 Å². The van der Waals surface area contributed by atoms with Crippen molar-refractivity contribution in [1.29, 1.82) is 0 Å². The van der Waals surface area contributed by atoms with Crippen LogP contribution in [0.4, 0.5) is 0 Å². The van der Waals surface area contributed by atoms with Gasteiger partial charge in [-0.2, -0.15) is 5.10 Å². The summed E-state index contributed by atoms with van der Waals surface area (Å²) in [7, 11) is 0. The molecular weight excluding hydrogens is 384 g/mol. The molecule has 2 aromatic rings. The fourth-order valence-electron chi connectivity index (χ4n) is 2.19. The normalized spacial score (nSPS) is 10.7. The second-order valence-corrected chi connectivity index (χ2v) is 6.07. The largest absolute Gasteiger partial charge is 0.493 e. The summed E-state index contributed by atoms with van der Waals surface area (Å²) in [5.74, 6) is 1.10. The molecule has 0 aromatic heterocycles. The van der Waals surface area contributed by atoms with E-state index in [1.54, 1.807) is 6.21 Å². The number of amides is 1. The van der Waals surface area contributed by atoms with Crippen molar-refractivity contribution in [2.75, 3.05) is 13.2 Å². The van der Waals surface area contributed by atoms with Gasteiger partial charge >= 0.3 is 0 Å². The van der Waals surface area contributed by atoms with E-state index in [0.717, 1.165) is 27.8 Å². The van der Waals surface area contributed by atoms with Crippen LogP contribution < -0.4 is 14.9 Å². The maximum atomic E-state index is 11.9. The first-order valence-corrected chi connectivity index (χ1v) is 8.88. The molecule has 0 aliphatic carbocycles. The number of nitrogens with zero attached hydrogens (tertiary/aromatic N) is 1. The van der Waals surface area contributed by atoms with Crippen LogP contribution in [0.25, 0.3) is 0 Å². The number of hydrogen-bond donors (Lipinski definition) is 1. The van der Waals surface area contributed by atoms with E-state index in [1.165, 1.54) is 0 Å². The predicted molar refractivity (Wildman–Crippen MR) is 102 cm³/mol. The second kappa shape index (κ2) is 9.84. The van der Waals surface area contributed by atoms with Crippen molar-refractivity contribution < 1.29 is 14.3 Å². The molecule has 5 nitrogen and oxygen atoms in total. The van der Waals surface area contributed by atoms with Gasteiger partial charge in [0, 0.05) is 10.0 Å². The summed E-state index contributed by atoms with van der Waals surface area (Å²) >= 11 is 3.41. The monoisotopic (exact) mass is 404 g/mol. The zero-order chi connectivity index (χ0) is 18.1. The van der Waals surface area contributed by atoms with Crippen LogP contribution in [0.3, 0.4) is 0 Å². The molecule has 0 spiro atoms. The van der Waals surface area contributed by atoms with Gasteiger partial charge in [-0.3, -0.25) is 4.79 Å². The van der Waals surface area contributed by atoms with Crippen molar-refractivity contribution in [3.8, 4) is 11.5 Å². The Labute approximate surface area is 156 Å². The van der Waals surface area contributed by atoms with E-state index in [4.69, 9.17) is 9.47 Å². The lowest BCUT2D eigenvalue weighted by molar-refractivity contribution is -0.123. The van der Waals surface area contributed by atoms with E-state index in [-0.39, 0.29) is 12.5 Å². The molecule has 2 rings (SSSR count). The highest BCUT2D eigenvalue weighted by Gasteiger charge is 2.05. The fraction of sp³-hybridized carbons (Fsp3) is 0.263. The molecule has 0 atom stereocenters. The maximum Gasteiger partial charge on any atom is 0.277 e. The Morgan fingerprint density at radius 3 is 2.72 bits per heavy atom. The number of hydrogen-bond acceptors (Lipinski definition) is 4. The molecule has 0 bridgehead atoms. The first kappa shape index (κ1) is 19.0. The van der Waals surface area contributed by atoms with Crippen molar-refractivity contribution in [3.63, 3.8) is 0 Å². The van der Waals surface area contributed by atoms with Gasteiger partial charge in [-0.15, -0.1) is 0 Å². The molecule has 1 amide bonds. The van der Waals surface area contributed by atoms with Crippen LogP contribution >= 0.6 is 15.9 Å². The molecule has 6 heteroatoms. The Morgan fingerprint density at radius 2 is 1.96 bits per heavy atom. The van der Waals surface area contributed by atoms with Gasteiger partial charge in [0.15, 0.2) is 6.61 Å². The third-order valence-corrected chi connectivity index (χ3v) is 3.87. The Bertz CT molecular complexity index is 747. The fourth-order valence-corrected chi connectivity index (χ4v) is 2.57. The van der Waals surface area contributed by atoms with Crippen LogP contribution in [0.15, 0.2) is 52.0 Å². The molecule has 25 heavy (non-hydrogen) atoms. The van der Waals surface area contributed by atoms with E-state index in [0.29, 0.717) is 12.4 Å². The number of ether oxygens (including phenoxy) is 2. The molecule has 0 aliphatic rings. The molecule has 2 aromatic carbocycles. The van der Waals surface area contributed by atoms with Crippen LogP contribution in [0.2, 0.25) is 0 Å². The number of rotatable bonds is 8. The van der Waals surface area contributed by atoms with Gasteiger partial charge in [0.1, 0.15) is 11.5 Å². The Kier molecular flexibility index (Phi) is 7.47. The quantitative estimate of drug-likeness (QED) is 0.535. The van der Waals surface area contributed by atoms with Crippen molar-refractivity contribution >= 4 is 28.1 Å². The van der Waals surface area contributed by atoms with Crippen LogP contribution in [-0.2, 0) is 11.2 Å². The summed E-state index contributed by atoms with van der Waals surface area (Å²) in [4.78, 5) is 11.9. The van der Waals surface area contributed by atoms with Crippen molar-refractivity contribution in [2.24, 2.45) is 5.10 Å². The number of hydrazone groups is 1. The van der Waals surface area contributed by atoms with Crippen LogP contribution in [0, 0.1) is 0 Å². The van der Waals surface area contributed by atoms with E-state index >= 15 is 0 Å². The highest BCUT2D eigenvalue weighted by Crippen LogP contribution is 2.21. The lowest BCUT2D eigenvalue weighted by Gasteiger charge is -2.09. The van der Waals surface area contributed by atoms with Crippen molar-refractivity contribution in [2.45, 2.75) is 20.3 Å². The minimum Gasteiger partial charge on any atom is -0.493 e. The molecule has 1 N–H and O–H groups in total. The molecule has 132 valence electrons. The summed E-state index contributed by atoms with van der Waals surface area (Å²) < 4.78 is 12.0. The minimum absolute atomic E-state index is 0.0921. The standard InChI is InChI=1S/C19H21BrN2O3/c1-3-14-7-5-6-8-17(14)25-13-19(23)22-21-12-15-11-16(20)9-10-18(15)24-4-2/h5-12H,3-4,13H2,1-2H3,(H,22,23)/b21-12+. The zero-order valence-electron chi connectivity index (χ0n) is 14.3. The molecule has 0 unspecified atom stereocenters. The number of nitrogens with one attached hydrogen (secondary N) is 1. The smallest absolute Gasteiger partial charge is 0.277 e. The Hall–Kier alpha value is -2.34. The van der Waals surface area contributed by atoms with Gasteiger partial charge in [-0.25, -0.2) is 5.43 Å². The molecular formula is C19H21BrN2O3. The van der Waals surface area contributed by atoms with Gasteiger partial charge in [0.25, 0.3) is 5.91 Å². The summed E-state index contributed by atoms with van der Waals surface area (Å²) in [6.07, 6.45) is 2.40. The molecule has 0 saturated carbocycles. The van der Waals surface area contributed by atoms with Gasteiger partial charge in [0.05, 0.1) is 12.8 Å². The Balaban J connectivity index is 1.91. The third kappa shape index (κ3) is 5.90. The van der Waals surface area contributed by atoms with E-state index in [2.05, 4.69) is 26.5 Å².